The first-order valence-electron chi connectivity index (χ1n) is 2.96. The maximum atomic E-state index is 3.99. The molecule has 0 aromatic carbocycles. The molecule has 0 amide bonds. The first-order chi connectivity index (χ1) is 4.31. The van der Waals surface area contributed by atoms with Crippen LogP contribution in [0.25, 0.3) is 0 Å². The minimum atomic E-state index is 0.810. The molecule has 2 nitrogen and oxygen atoms in total. The molecule has 0 atom stereocenters. The lowest BCUT2D eigenvalue weighted by Crippen LogP contribution is -1.90. The summed E-state index contributed by atoms with van der Waals surface area (Å²) in [6.07, 6.45) is 3.25. The summed E-state index contributed by atoms with van der Waals surface area (Å²) in [6, 6.07) is 0. The van der Waals surface area contributed by atoms with Gasteiger partial charge in [-0.25, -0.2) is 0 Å². The van der Waals surface area contributed by atoms with Crippen molar-refractivity contribution >= 4 is 11.9 Å². The van der Waals surface area contributed by atoms with Gasteiger partial charge in [0.1, 0.15) is 0 Å². The van der Waals surface area contributed by atoms with Crippen LogP contribution < -0.4 is 0 Å². The van der Waals surface area contributed by atoms with E-state index in [1.165, 1.54) is 6.20 Å². The highest BCUT2D eigenvalue weighted by Gasteiger charge is 1.76. The molecule has 50 valence electrons. The zero-order chi connectivity index (χ0) is 7.11. The van der Waals surface area contributed by atoms with Crippen molar-refractivity contribution in [3.05, 3.63) is 12.8 Å². The van der Waals surface area contributed by atoms with Crippen molar-refractivity contribution < 1.29 is 0 Å². The van der Waals surface area contributed by atoms with E-state index in [4.69, 9.17) is 0 Å². The Hall–Kier alpha value is -0.920. The summed E-state index contributed by atoms with van der Waals surface area (Å²) in [6.45, 7) is 8.14. The molecule has 0 saturated heterocycles. The summed E-state index contributed by atoms with van der Waals surface area (Å²) in [5.74, 6) is 0. The third-order valence-electron chi connectivity index (χ3n) is 0.756. The van der Waals surface area contributed by atoms with E-state index < -0.39 is 0 Å². The molecule has 0 unspecified atom stereocenters. The Morgan fingerprint density at radius 2 is 2.33 bits per heavy atom. The molecule has 0 heterocycles. The van der Waals surface area contributed by atoms with E-state index in [9.17, 15) is 0 Å². The van der Waals surface area contributed by atoms with Gasteiger partial charge in [0, 0.05) is 19.0 Å². The Kier molecular flexibility index (Phi) is 4.69. The topological polar surface area (TPSA) is 24.7 Å². The van der Waals surface area contributed by atoms with Gasteiger partial charge in [0.25, 0.3) is 0 Å². The van der Waals surface area contributed by atoms with E-state index in [1.54, 1.807) is 6.21 Å². The minimum Gasteiger partial charge on any atom is -0.292 e. The van der Waals surface area contributed by atoms with Crippen molar-refractivity contribution in [1.82, 2.24) is 0 Å². The van der Waals surface area contributed by atoms with Crippen molar-refractivity contribution in [2.45, 2.75) is 13.8 Å². The molecule has 0 saturated carbocycles. The molecule has 0 N–H and O–H groups in total. The second kappa shape index (κ2) is 5.22. The predicted octanol–water partition coefficient (Wildman–Crippen LogP) is 1.68. The van der Waals surface area contributed by atoms with E-state index in [1.807, 2.05) is 13.8 Å². The van der Waals surface area contributed by atoms with Crippen molar-refractivity contribution in [3.8, 4) is 0 Å². The van der Waals surface area contributed by atoms with Gasteiger partial charge in [-0.3, -0.25) is 9.98 Å². The van der Waals surface area contributed by atoms with E-state index in [0.29, 0.717) is 0 Å². The van der Waals surface area contributed by atoms with Gasteiger partial charge in [-0.15, -0.1) is 0 Å². The molecular weight excluding hydrogens is 112 g/mol. The van der Waals surface area contributed by atoms with Crippen LogP contribution in [0.1, 0.15) is 13.8 Å². The molecule has 0 fully saturated rings. The van der Waals surface area contributed by atoms with Gasteiger partial charge in [0.15, 0.2) is 0 Å². The van der Waals surface area contributed by atoms with Crippen LogP contribution in [0, 0.1) is 0 Å². The fourth-order valence-electron chi connectivity index (χ4n) is 0.401. The van der Waals surface area contributed by atoms with Gasteiger partial charge in [-0.05, 0) is 13.8 Å². The Labute approximate surface area is 56.0 Å². The van der Waals surface area contributed by atoms with E-state index in [-0.39, 0.29) is 0 Å². The highest BCUT2D eigenvalue weighted by atomic mass is 14.7. The third-order valence-corrected chi connectivity index (χ3v) is 0.756. The van der Waals surface area contributed by atoms with E-state index in [0.717, 1.165) is 12.3 Å². The third kappa shape index (κ3) is 4.94. The van der Waals surface area contributed by atoms with Gasteiger partial charge in [0.2, 0.25) is 0 Å². The molecule has 0 radical (unpaired) electrons. The summed E-state index contributed by atoms with van der Waals surface area (Å²) in [5, 5.41) is 0. The molecule has 9 heavy (non-hydrogen) atoms. The van der Waals surface area contributed by atoms with Crippen LogP contribution in [0.3, 0.4) is 0 Å². The largest absolute Gasteiger partial charge is 0.292 e. The molecule has 0 bridgehead atoms. The summed E-state index contributed by atoms with van der Waals surface area (Å²) in [4.78, 5) is 7.88. The van der Waals surface area contributed by atoms with Crippen molar-refractivity contribution in [1.29, 1.82) is 0 Å². The molecule has 2 heteroatoms. The molecule has 0 aliphatic rings. The Morgan fingerprint density at radius 3 is 2.78 bits per heavy atom. The zero-order valence-corrected chi connectivity index (χ0v) is 5.96. The highest BCUT2D eigenvalue weighted by Crippen LogP contribution is 1.74. The SMILES string of the molecule is C=C/N=C(C)\C=N/CC. The predicted molar refractivity (Wildman–Crippen MR) is 42.3 cm³/mol. The van der Waals surface area contributed by atoms with Crippen molar-refractivity contribution in [2.24, 2.45) is 9.98 Å². The van der Waals surface area contributed by atoms with Crippen LogP contribution in [0.2, 0.25) is 0 Å². The second-order valence-corrected chi connectivity index (χ2v) is 1.58. The Bertz CT molecular complexity index is 134. The molecule has 0 aromatic rings. The number of nitrogens with zero attached hydrogens (tertiary/aromatic N) is 2. The lowest BCUT2D eigenvalue weighted by atomic mass is 10.5. The second-order valence-electron chi connectivity index (χ2n) is 1.58. The maximum absolute atomic E-state index is 3.99. The Morgan fingerprint density at radius 1 is 1.67 bits per heavy atom. The fourth-order valence-corrected chi connectivity index (χ4v) is 0.401. The number of aliphatic imine (C=N–C) groups is 2. The van der Waals surface area contributed by atoms with Crippen LogP contribution >= 0.6 is 0 Å². The zero-order valence-electron chi connectivity index (χ0n) is 5.96. The smallest absolute Gasteiger partial charge is 0.0550 e. The standard InChI is InChI=1S/C7H12N2/c1-4-8-6-7(3)9-5-2/h5-6H,2,4H2,1,3H3/b8-6-,9-7-. The first-order valence-corrected chi connectivity index (χ1v) is 2.96. The maximum Gasteiger partial charge on any atom is 0.0550 e. The quantitative estimate of drug-likeness (QED) is 0.511. The van der Waals surface area contributed by atoms with Gasteiger partial charge in [-0.1, -0.05) is 6.58 Å². The summed E-state index contributed by atoms with van der Waals surface area (Å²) < 4.78 is 0. The lowest BCUT2D eigenvalue weighted by Gasteiger charge is -1.83. The fraction of sp³-hybridized carbons (Fsp3) is 0.429. The van der Waals surface area contributed by atoms with Gasteiger partial charge >= 0.3 is 0 Å². The number of rotatable bonds is 3. The van der Waals surface area contributed by atoms with Gasteiger partial charge in [0.05, 0.1) is 5.71 Å². The van der Waals surface area contributed by atoms with E-state index in [2.05, 4.69) is 16.6 Å². The van der Waals surface area contributed by atoms with E-state index >= 15 is 0 Å². The number of hydrogen-bond donors (Lipinski definition) is 0. The summed E-state index contributed by atoms with van der Waals surface area (Å²) in [5.41, 5.74) is 0.895. The van der Waals surface area contributed by atoms with Gasteiger partial charge < -0.3 is 0 Å². The van der Waals surface area contributed by atoms with Crippen LogP contribution in [0.4, 0.5) is 0 Å². The monoisotopic (exact) mass is 124 g/mol. The van der Waals surface area contributed by atoms with Crippen LogP contribution in [-0.2, 0) is 0 Å². The molecule has 0 aliphatic heterocycles. The van der Waals surface area contributed by atoms with Crippen LogP contribution in [0.5, 0.6) is 0 Å². The lowest BCUT2D eigenvalue weighted by molar-refractivity contribution is 1.14. The normalized spacial score (nSPS) is 12.4. The van der Waals surface area contributed by atoms with Crippen molar-refractivity contribution in [3.63, 3.8) is 0 Å². The minimum absolute atomic E-state index is 0.810. The molecule has 0 spiro atoms. The summed E-state index contributed by atoms with van der Waals surface area (Å²) in [7, 11) is 0. The highest BCUT2D eigenvalue weighted by molar-refractivity contribution is 6.29. The molecule has 0 aliphatic carbocycles. The molecular formula is C7H12N2. The van der Waals surface area contributed by atoms with Gasteiger partial charge in [-0.2, -0.15) is 0 Å². The van der Waals surface area contributed by atoms with Crippen LogP contribution in [-0.4, -0.2) is 18.5 Å². The Balaban J connectivity index is 3.74. The van der Waals surface area contributed by atoms with Crippen LogP contribution in [0.15, 0.2) is 22.8 Å². The first kappa shape index (κ1) is 8.08. The summed E-state index contributed by atoms with van der Waals surface area (Å²) >= 11 is 0. The molecule has 0 aromatic heterocycles. The van der Waals surface area contributed by atoms with Crippen molar-refractivity contribution in [2.75, 3.05) is 6.54 Å². The average molecular weight is 124 g/mol. The number of hydrogen-bond acceptors (Lipinski definition) is 2. The average Bonchev–Trinajstić information content (AvgIpc) is 1.85. The molecule has 0 rings (SSSR count).